The molecule has 30 heavy (non-hydrogen) atoms. The van der Waals surface area contributed by atoms with Gasteiger partial charge in [0.15, 0.2) is 0 Å². The van der Waals surface area contributed by atoms with Gasteiger partial charge in [0.1, 0.15) is 11.5 Å². The molecule has 1 atom stereocenters. The van der Waals surface area contributed by atoms with Gasteiger partial charge >= 0.3 is 0 Å². The van der Waals surface area contributed by atoms with Crippen molar-refractivity contribution in [2.45, 2.75) is 19.5 Å². The number of benzene rings is 2. The van der Waals surface area contributed by atoms with Crippen LogP contribution in [0.15, 0.2) is 53.1 Å². The van der Waals surface area contributed by atoms with E-state index in [1.807, 2.05) is 49.4 Å². The van der Waals surface area contributed by atoms with Gasteiger partial charge in [-0.25, -0.2) is 0 Å². The fourth-order valence-electron chi connectivity index (χ4n) is 3.66. The van der Waals surface area contributed by atoms with E-state index < -0.39 is 0 Å². The molecule has 1 unspecified atom stereocenters. The molecule has 0 amide bonds. The molecule has 2 aromatic carbocycles. The Balaban J connectivity index is 0.00000256. The van der Waals surface area contributed by atoms with E-state index in [9.17, 15) is 0 Å². The molecular weight excluding hydrogens is 404 g/mol. The summed E-state index contributed by atoms with van der Waals surface area (Å²) in [4.78, 5) is 6.96. The number of ether oxygens (including phenoxy) is 2. The van der Waals surface area contributed by atoms with Crippen LogP contribution in [0.2, 0.25) is 0 Å². The highest BCUT2D eigenvalue weighted by atomic mass is 35.5. The predicted molar refractivity (Wildman–Crippen MR) is 117 cm³/mol. The molecule has 0 spiro atoms. The number of methoxy groups -OCH3 is 1. The number of para-hydroxylation sites is 1. The van der Waals surface area contributed by atoms with Crippen molar-refractivity contribution in [3.63, 3.8) is 0 Å². The second-order valence-corrected chi connectivity index (χ2v) is 6.90. The van der Waals surface area contributed by atoms with Gasteiger partial charge in [0, 0.05) is 30.8 Å². The van der Waals surface area contributed by atoms with E-state index in [2.05, 4.69) is 26.4 Å². The molecule has 7 nitrogen and oxygen atoms in total. The van der Waals surface area contributed by atoms with Gasteiger partial charge in [-0.05, 0) is 37.3 Å². The molecule has 2 heterocycles. The van der Waals surface area contributed by atoms with Crippen molar-refractivity contribution in [2.75, 3.05) is 33.4 Å². The topological polar surface area (TPSA) is 72.7 Å². The molecule has 0 saturated carbocycles. The first-order valence-electron chi connectivity index (χ1n) is 9.92. The third kappa shape index (κ3) is 4.92. The van der Waals surface area contributed by atoms with Crippen molar-refractivity contribution in [3.05, 3.63) is 60.0 Å². The Bertz CT molecular complexity index is 932. The van der Waals surface area contributed by atoms with Gasteiger partial charge in [0.25, 0.3) is 0 Å². The van der Waals surface area contributed by atoms with Gasteiger partial charge in [-0.15, -0.1) is 12.4 Å². The van der Waals surface area contributed by atoms with Crippen LogP contribution in [0.3, 0.4) is 0 Å². The molecule has 1 aromatic heterocycles. The highest BCUT2D eigenvalue weighted by molar-refractivity contribution is 5.85. The number of nitrogens with one attached hydrogen (secondary N) is 1. The Morgan fingerprint density at radius 1 is 1.17 bits per heavy atom. The molecule has 3 aromatic rings. The molecule has 4 rings (SSSR count). The highest BCUT2D eigenvalue weighted by Crippen LogP contribution is 2.31. The number of hydrogen-bond donors (Lipinski definition) is 1. The van der Waals surface area contributed by atoms with E-state index in [1.165, 1.54) is 0 Å². The molecule has 1 fully saturated rings. The zero-order chi connectivity index (χ0) is 20.1. The zero-order valence-corrected chi connectivity index (χ0v) is 18.0. The second kappa shape index (κ2) is 10.4. The maximum atomic E-state index is 5.57. The second-order valence-electron chi connectivity index (χ2n) is 6.90. The van der Waals surface area contributed by atoms with Crippen LogP contribution in [-0.4, -0.2) is 48.4 Å². The van der Waals surface area contributed by atoms with Crippen molar-refractivity contribution in [1.82, 2.24) is 20.4 Å². The van der Waals surface area contributed by atoms with Crippen LogP contribution in [0.5, 0.6) is 11.5 Å². The lowest BCUT2D eigenvalue weighted by Gasteiger charge is -2.36. The maximum Gasteiger partial charge on any atom is 0.241 e. The summed E-state index contributed by atoms with van der Waals surface area (Å²) in [6.45, 7) is 5.86. The maximum absolute atomic E-state index is 5.57. The van der Waals surface area contributed by atoms with Crippen LogP contribution in [0, 0.1) is 0 Å². The Morgan fingerprint density at radius 3 is 2.73 bits per heavy atom. The van der Waals surface area contributed by atoms with Gasteiger partial charge in [-0.1, -0.05) is 23.4 Å². The van der Waals surface area contributed by atoms with Crippen molar-refractivity contribution >= 4 is 12.4 Å². The average Bonchev–Trinajstić information content (AvgIpc) is 3.23. The Labute approximate surface area is 182 Å². The summed E-state index contributed by atoms with van der Waals surface area (Å²) in [5, 5.41) is 7.64. The number of piperazine rings is 1. The number of aromatic nitrogens is 2. The number of nitrogens with zero attached hydrogens (tertiary/aromatic N) is 3. The molecule has 1 saturated heterocycles. The summed E-state index contributed by atoms with van der Waals surface area (Å²) in [6.07, 6.45) is 0. The summed E-state index contributed by atoms with van der Waals surface area (Å²) in [6, 6.07) is 16.1. The van der Waals surface area contributed by atoms with Gasteiger partial charge in [0.05, 0.1) is 26.3 Å². The average molecular weight is 431 g/mol. The number of rotatable bonds is 7. The quantitative estimate of drug-likeness (QED) is 0.612. The third-order valence-corrected chi connectivity index (χ3v) is 5.08. The van der Waals surface area contributed by atoms with E-state index in [0.717, 1.165) is 42.3 Å². The largest absolute Gasteiger partial charge is 0.496 e. The van der Waals surface area contributed by atoms with Gasteiger partial charge < -0.3 is 19.3 Å². The zero-order valence-electron chi connectivity index (χ0n) is 17.2. The van der Waals surface area contributed by atoms with E-state index in [1.54, 1.807) is 7.11 Å². The van der Waals surface area contributed by atoms with E-state index in [0.29, 0.717) is 24.9 Å². The van der Waals surface area contributed by atoms with Crippen LogP contribution in [0.4, 0.5) is 0 Å². The summed E-state index contributed by atoms with van der Waals surface area (Å²) in [5.41, 5.74) is 2.07. The van der Waals surface area contributed by atoms with Gasteiger partial charge in [-0.2, -0.15) is 4.98 Å². The fraction of sp³-hybridized carbons (Fsp3) is 0.364. The molecule has 8 heteroatoms. The first-order valence-corrected chi connectivity index (χ1v) is 9.92. The number of halogens is 1. The lowest BCUT2D eigenvalue weighted by Crippen LogP contribution is -2.45. The summed E-state index contributed by atoms with van der Waals surface area (Å²) >= 11 is 0. The number of hydrogen-bond acceptors (Lipinski definition) is 7. The lowest BCUT2D eigenvalue weighted by atomic mass is 10.0. The van der Waals surface area contributed by atoms with E-state index in [4.69, 9.17) is 14.0 Å². The molecular formula is C22H27ClN4O3. The Morgan fingerprint density at radius 2 is 1.97 bits per heavy atom. The lowest BCUT2D eigenvalue weighted by molar-refractivity contribution is 0.133. The third-order valence-electron chi connectivity index (χ3n) is 5.08. The van der Waals surface area contributed by atoms with Crippen LogP contribution in [-0.2, 0) is 6.54 Å². The summed E-state index contributed by atoms with van der Waals surface area (Å²) < 4.78 is 16.6. The Kier molecular flexibility index (Phi) is 7.68. The molecule has 1 aliphatic rings. The molecule has 0 bridgehead atoms. The van der Waals surface area contributed by atoms with Crippen LogP contribution in [0.25, 0.3) is 11.4 Å². The SMILES string of the molecule is CCOc1ccc(-c2noc(CN3CCNCC3c3ccccc3OC)n2)cc1.Cl. The summed E-state index contributed by atoms with van der Waals surface area (Å²) in [5.74, 6) is 2.93. The molecule has 0 radical (unpaired) electrons. The smallest absolute Gasteiger partial charge is 0.241 e. The first-order chi connectivity index (χ1) is 14.3. The first kappa shape index (κ1) is 22.1. The monoisotopic (exact) mass is 430 g/mol. The minimum Gasteiger partial charge on any atom is -0.496 e. The molecule has 0 aliphatic carbocycles. The fourth-order valence-corrected chi connectivity index (χ4v) is 3.66. The van der Waals surface area contributed by atoms with Crippen molar-refractivity contribution < 1.29 is 14.0 Å². The van der Waals surface area contributed by atoms with E-state index >= 15 is 0 Å². The standard InChI is InChI=1S/C22H26N4O3.ClH/c1-3-28-17-10-8-16(9-11-17)22-24-21(29-25-22)15-26-13-12-23-14-19(26)18-6-4-5-7-20(18)27-2;/h4-11,19,23H,3,12-15H2,1-2H3;1H. The normalized spacial score (nSPS) is 16.7. The Hall–Kier alpha value is -2.61. The van der Waals surface area contributed by atoms with E-state index in [-0.39, 0.29) is 18.4 Å². The van der Waals surface area contributed by atoms with Crippen LogP contribution < -0.4 is 14.8 Å². The molecule has 1 N–H and O–H groups in total. The predicted octanol–water partition coefficient (Wildman–Crippen LogP) is 3.71. The van der Waals surface area contributed by atoms with Crippen molar-refractivity contribution in [3.8, 4) is 22.9 Å². The van der Waals surface area contributed by atoms with Crippen molar-refractivity contribution in [1.29, 1.82) is 0 Å². The highest BCUT2D eigenvalue weighted by Gasteiger charge is 2.27. The van der Waals surface area contributed by atoms with Crippen molar-refractivity contribution in [2.24, 2.45) is 0 Å². The summed E-state index contributed by atoms with van der Waals surface area (Å²) in [7, 11) is 1.71. The van der Waals surface area contributed by atoms with Gasteiger partial charge in [0.2, 0.25) is 11.7 Å². The molecule has 160 valence electrons. The van der Waals surface area contributed by atoms with Crippen LogP contribution >= 0.6 is 12.4 Å². The van der Waals surface area contributed by atoms with Gasteiger partial charge in [-0.3, -0.25) is 4.90 Å². The minimum atomic E-state index is 0. The minimum absolute atomic E-state index is 0. The van der Waals surface area contributed by atoms with Crippen LogP contribution in [0.1, 0.15) is 24.4 Å². The molecule has 1 aliphatic heterocycles.